The standard InChI is InChI=1S/C14H25N3O2S4/c1-4-16-12-9-17(6-5-7-20-10(2)3)22-14-11(12)8-13(21-14)23(15,18)19/h8,10,12,16H,4-7,9H2,1-3H3,(H2,15,18,19)/t12-/m0/s1. The summed E-state index contributed by atoms with van der Waals surface area (Å²) in [6.07, 6.45) is 1.14. The third-order valence-corrected chi connectivity index (χ3v) is 8.43. The van der Waals surface area contributed by atoms with Gasteiger partial charge in [0.1, 0.15) is 4.21 Å². The second-order valence-corrected chi connectivity index (χ2v) is 11.6. The molecule has 5 nitrogen and oxygen atoms in total. The van der Waals surface area contributed by atoms with Crippen LogP contribution < -0.4 is 10.5 Å². The molecule has 0 amide bonds. The van der Waals surface area contributed by atoms with Gasteiger partial charge in [-0.05, 0) is 47.5 Å². The minimum atomic E-state index is -3.63. The van der Waals surface area contributed by atoms with Crippen LogP contribution in [0.1, 0.15) is 38.8 Å². The number of hydrogen-bond acceptors (Lipinski definition) is 7. The van der Waals surface area contributed by atoms with E-state index >= 15 is 0 Å². The van der Waals surface area contributed by atoms with E-state index < -0.39 is 10.0 Å². The number of sulfonamides is 1. The molecule has 2 heterocycles. The predicted molar refractivity (Wildman–Crippen MR) is 102 cm³/mol. The van der Waals surface area contributed by atoms with Gasteiger partial charge >= 0.3 is 0 Å². The maximum absolute atomic E-state index is 11.6. The maximum atomic E-state index is 11.6. The van der Waals surface area contributed by atoms with Gasteiger partial charge in [-0.2, -0.15) is 11.8 Å². The number of likely N-dealkylation sites (N-methyl/N-ethyl adjacent to an activating group) is 1. The Labute approximate surface area is 152 Å². The Morgan fingerprint density at radius 3 is 2.87 bits per heavy atom. The van der Waals surface area contributed by atoms with Gasteiger partial charge in [-0.25, -0.2) is 17.9 Å². The zero-order valence-electron chi connectivity index (χ0n) is 13.7. The highest BCUT2D eigenvalue weighted by Gasteiger charge is 2.29. The molecule has 0 aliphatic carbocycles. The van der Waals surface area contributed by atoms with E-state index in [0.717, 1.165) is 41.6 Å². The molecule has 2 rings (SSSR count). The minimum Gasteiger partial charge on any atom is -0.309 e. The van der Waals surface area contributed by atoms with Gasteiger partial charge in [-0.15, -0.1) is 11.3 Å². The van der Waals surface area contributed by atoms with Crippen LogP contribution in [0.2, 0.25) is 0 Å². The molecule has 0 spiro atoms. The Balaban J connectivity index is 2.06. The highest BCUT2D eigenvalue weighted by Crippen LogP contribution is 2.43. The maximum Gasteiger partial charge on any atom is 0.247 e. The summed E-state index contributed by atoms with van der Waals surface area (Å²) in [5, 5.41) is 9.41. The van der Waals surface area contributed by atoms with E-state index in [-0.39, 0.29) is 10.3 Å². The Hall–Kier alpha value is 0.230. The van der Waals surface area contributed by atoms with Crippen LogP contribution in [-0.4, -0.2) is 43.4 Å². The summed E-state index contributed by atoms with van der Waals surface area (Å²) in [6.45, 7) is 9.25. The Bertz CT molecular complexity index is 616. The van der Waals surface area contributed by atoms with E-state index in [9.17, 15) is 8.42 Å². The monoisotopic (exact) mass is 395 g/mol. The number of nitrogens with two attached hydrogens (primary N) is 1. The second kappa shape index (κ2) is 8.55. The van der Waals surface area contributed by atoms with Crippen LogP contribution in [0.15, 0.2) is 14.5 Å². The van der Waals surface area contributed by atoms with Gasteiger partial charge in [0.25, 0.3) is 0 Å². The lowest BCUT2D eigenvalue weighted by Crippen LogP contribution is -2.35. The quantitative estimate of drug-likeness (QED) is 0.521. The summed E-state index contributed by atoms with van der Waals surface area (Å²) >= 11 is 4.93. The van der Waals surface area contributed by atoms with Crippen LogP contribution >= 0.6 is 35.0 Å². The zero-order chi connectivity index (χ0) is 17.0. The number of nitrogens with one attached hydrogen (secondary N) is 1. The fourth-order valence-corrected chi connectivity index (χ4v) is 6.73. The van der Waals surface area contributed by atoms with Gasteiger partial charge in [0.15, 0.2) is 0 Å². The molecule has 0 radical (unpaired) electrons. The van der Waals surface area contributed by atoms with Crippen molar-refractivity contribution in [1.82, 2.24) is 9.62 Å². The van der Waals surface area contributed by atoms with Crippen molar-refractivity contribution in [3.05, 3.63) is 11.6 Å². The van der Waals surface area contributed by atoms with Gasteiger partial charge in [0, 0.05) is 19.1 Å². The first kappa shape index (κ1) is 19.6. The predicted octanol–water partition coefficient (Wildman–Crippen LogP) is 2.90. The fraction of sp³-hybridized carbons (Fsp3) is 0.714. The molecule has 0 unspecified atom stereocenters. The van der Waals surface area contributed by atoms with Crippen LogP contribution in [0.4, 0.5) is 0 Å². The summed E-state index contributed by atoms with van der Waals surface area (Å²) in [4.78, 5) is 0. The molecule has 0 bridgehead atoms. The van der Waals surface area contributed by atoms with E-state index in [1.165, 1.54) is 11.3 Å². The van der Waals surface area contributed by atoms with Gasteiger partial charge < -0.3 is 5.32 Å². The molecule has 1 aromatic rings. The summed E-state index contributed by atoms with van der Waals surface area (Å²) < 4.78 is 26.9. The summed E-state index contributed by atoms with van der Waals surface area (Å²) in [7, 11) is -3.63. The third-order valence-electron chi connectivity index (χ3n) is 3.41. The Morgan fingerprint density at radius 2 is 2.26 bits per heavy atom. The van der Waals surface area contributed by atoms with Crippen molar-refractivity contribution in [2.75, 3.05) is 25.4 Å². The molecule has 0 saturated heterocycles. The first-order valence-corrected chi connectivity index (χ1v) is 11.9. The van der Waals surface area contributed by atoms with Crippen LogP contribution in [0.25, 0.3) is 0 Å². The molecule has 1 aliphatic heterocycles. The summed E-state index contributed by atoms with van der Waals surface area (Å²) in [5.74, 6) is 1.15. The molecule has 0 saturated carbocycles. The lowest BCUT2D eigenvalue weighted by molar-refractivity contribution is 0.381. The molecule has 3 N–H and O–H groups in total. The first-order chi connectivity index (χ1) is 10.8. The third kappa shape index (κ3) is 5.62. The minimum absolute atomic E-state index is 0.167. The average molecular weight is 396 g/mol. The van der Waals surface area contributed by atoms with Crippen LogP contribution in [0, 0.1) is 0 Å². The Morgan fingerprint density at radius 1 is 1.52 bits per heavy atom. The zero-order valence-corrected chi connectivity index (χ0v) is 17.0. The number of rotatable bonds is 8. The van der Waals surface area contributed by atoms with E-state index in [4.69, 9.17) is 5.14 Å². The van der Waals surface area contributed by atoms with E-state index in [1.807, 2.05) is 11.8 Å². The average Bonchev–Trinajstić information content (AvgIpc) is 2.88. The first-order valence-electron chi connectivity index (χ1n) is 7.75. The highest BCUT2D eigenvalue weighted by molar-refractivity contribution is 8.00. The van der Waals surface area contributed by atoms with Gasteiger partial charge in [0.05, 0.1) is 4.21 Å². The number of nitrogens with zero attached hydrogens (tertiary/aromatic N) is 1. The highest BCUT2D eigenvalue weighted by atomic mass is 32.3. The van der Waals surface area contributed by atoms with Crippen LogP contribution in [0.3, 0.4) is 0 Å². The van der Waals surface area contributed by atoms with Crippen molar-refractivity contribution < 1.29 is 8.42 Å². The molecule has 0 fully saturated rings. The molecule has 1 atom stereocenters. The fourth-order valence-electron chi connectivity index (χ4n) is 2.39. The molecule has 1 aromatic heterocycles. The smallest absolute Gasteiger partial charge is 0.247 e. The van der Waals surface area contributed by atoms with Crippen molar-refractivity contribution in [3.63, 3.8) is 0 Å². The number of thiophene rings is 1. The van der Waals surface area contributed by atoms with Crippen LogP contribution in [0.5, 0.6) is 0 Å². The molecular weight excluding hydrogens is 370 g/mol. The number of primary sulfonamides is 1. The van der Waals surface area contributed by atoms with E-state index in [0.29, 0.717) is 5.25 Å². The summed E-state index contributed by atoms with van der Waals surface area (Å²) in [6, 6.07) is 1.91. The number of thioether (sulfide) groups is 1. The largest absolute Gasteiger partial charge is 0.309 e. The molecular formula is C14H25N3O2S4. The molecule has 23 heavy (non-hydrogen) atoms. The topological polar surface area (TPSA) is 75.4 Å². The van der Waals surface area contributed by atoms with Gasteiger partial charge in [0.2, 0.25) is 10.0 Å². The lowest BCUT2D eigenvalue weighted by Gasteiger charge is -2.32. The van der Waals surface area contributed by atoms with Crippen molar-refractivity contribution in [2.24, 2.45) is 5.14 Å². The van der Waals surface area contributed by atoms with Crippen molar-refractivity contribution in [2.45, 2.75) is 46.9 Å². The van der Waals surface area contributed by atoms with Crippen molar-refractivity contribution in [3.8, 4) is 0 Å². The van der Waals surface area contributed by atoms with Crippen molar-refractivity contribution >= 4 is 45.1 Å². The lowest BCUT2D eigenvalue weighted by atomic mass is 10.1. The molecule has 1 aliphatic rings. The number of fused-ring (bicyclic) bond motifs is 1. The van der Waals surface area contributed by atoms with E-state index in [1.54, 1.807) is 18.0 Å². The SMILES string of the molecule is CCN[C@H]1CN(CCCSC(C)C)Sc2sc(S(N)(=O)=O)cc21. The molecule has 0 aromatic carbocycles. The summed E-state index contributed by atoms with van der Waals surface area (Å²) in [5.41, 5.74) is 1.07. The van der Waals surface area contributed by atoms with Crippen LogP contribution in [-0.2, 0) is 10.0 Å². The van der Waals surface area contributed by atoms with Gasteiger partial charge in [-0.1, -0.05) is 20.8 Å². The van der Waals surface area contributed by atoms with Crippen molar-refractivity contribution in [1.29, 1.82) is 0 Å². The normalized spacial score (nSPS) is 19.3. The number of hydrogen-bond donors (Lipinski definition) is 2. The van der Waals surface area contributed by atoms with E-state index in [2.05, 4.69) is 30.4 Å². The molecule has 132 valence electrons. The van der Waals surface area contributed by atoms with Gasteiger partial charge in [-0.3, -0.25) is 0 Å². The Kier molecular flexibility index (Phi) is 7.27. The molecule has 9 heteroatoms. The second-order valence-electron chi connectivity index (χ2n) is 5.72.